The van der Waals surface area contributed by atoms with E-state index in [1.807, 2.05) is 0 Å². The summed E-state index contributed by atoms with van der Waals surface area (Å²) >= 11 is 0. The van der Waals surface area contributed by atoms with Crippen LogP contribution in [0.4, 0.5) is 0 Å². The summed E-state index contributed by atoms with van der Waals surface area (Å²) in [6.07, 6.45) is 9.26. The molecule has 0 saturated heterocycles. The molecule has 3 unspecified atom stereocenters. The summed E-state index contributed by atoms with van der Waals surface area (Å²) in [5.74, 6) is 2.37. The van der Waals surface area contributed by atoms with Gasteiger partial charge in [0.2, 0.25) is 0 Å². The smallest absolute Gasteiger partial charge is 0.161 e. The SMILES string of the molecule is CC1Cc2c3c(c(O)c(O)c2C2CCCC12)CCCC3. The zero-order valence-electron chi connectivity index (χ0n) is 12.3. The minimum atomic E-state index is 0.207. The van der Waals surface area contributed by atoms with Crippen LogP contribution in [0.15, 0.2) is 0 Å². The Morgan fingerprint density at radius 3 is 2.40 bits per heavy atom. The second-order valence-electron chi connectivity index (χ2n) is 7.14. The van der Waals surface area contributed by atoms with E-state index in [0.29, 0.717) is 5.92 Å². The van der Waals surface area contributed by atoms with Gasteiger partial charge in [0.05, 0.1) is 0 Å². The molecule has 0 aromatic heterocycles. The predicted molar refractivity (Wildman–Crippen MR) is 79.4 cm³/mol. The van der Waals surface area contributed by atoms with Gasteiger partial charge in [-0.25, -0.2) is 0 Å². The van der Waals surface area contributed by atoms with Crippen molar-refractivity contribution < 1.29 is 10.2 Å². The number of phenolic OH excluding ortho intramolecular Hbond substituents is 2. The van der Waals surface area contributed by atoms with E-state index in [1.165, 1.54) is 36.8 Å². The molecule has 0 bridgehead atoms. The first-order valence-corrected chi connectivity index (χ1v) is 8.27. The van der Waals surface area contributed by atoms with Gasteiger partial charge in [0.15, 0.2) is 11.5 Å². The Kier molecular flexibility index (Phi) is 2.77. The highest BCUT2D eigenvalue weighted by molar-refractivity contribution is 5.61. The molecule has 2 heteroatoms. The number of hydrogen-bond donors (Lipinski definition) is 2. The molecule has 1 fully saturated rings. The fourth-order valence-corrected chi connectivity index (χ4v) is 5.21. The van der Waals surface area contributed by atoms with Gasteiger partial charge in [-0.3, -0.25) is 0 Å². The molecule has 0 aliphatic heterocycles. The van der Waals surface area contributed by atoms with Crippen LogP contribution in [0.1, 0.15) is 67.2 Å². The summed E-state index contributed by atoms with van der Waals surface area (Å²) in [7, 11) is 0. The van der Waals surface area contributed by atoms with Gasteiger partial charge in [-0.05, 0) is 73.8 Å². The lowest BCUT2D eigenvalue weighted by Gasteiger charge is -2.37. The largest absolute Gasteiger partial charge is 0.504 e. The Balaban J connectivity index is 1.96. The number of benzene rings is 1. The van der Waals surface area contributed by atoms with Crippen LogP contribution in [-0.2, 0) is 19.3 Å². The Morgan fingerprint density at radius 2 is 1.60 bits per heavy atom. The minimum absolute atomic E-state index is 0.207. The lowest BCUT2D eigenvalue weighted by Crippen LogP contribution is -2.26. The molecule has 2 N–H and O–H groups in total. The molecule has 108 valence electrons. The first-order chi connectivity index (χ1) is 9.68. The molecule has 1 saturated carbocycles. The van der Waals surface area contributed by atoms with Crippen LogP contribution >= 0.6 is 0 Å². The van der Waals surface area contributed by atoms with Gasteiger partial charge in [-0.15, -0.1) is 0 Å². The highest BCUT2D eigenvalue weighted by Gasteiger charge is 2.41. The van der Waals surface area contributed by atoms with Gasteiger partial charge in [-0.2, -0.15) is 0 Å². The molecular weight excluding hydrogens is 248 g/mol. The van der Waals surface area contributed by atoms with E-state index in [2.05, 4.69) is 6.92 Å². The normalized spacial score (nSPS) is 31.6. The number of rotatable bonds is 0. The van der Waals surface area contributed by atoms with Crippen molar-refractivity contribution in [2.24, 2.45) is 11.8 Å². The molecule has 2 nitrogen and oxygen atoms in total. The lowest BCUT2D eigenvalue weighted by atomic mass is 9.68. The van der Waals surface area contributed by atoms with Crippen LogP contribution in [0.3, 0.4) is 0 Å². The molecule has 0 heterocycles. The molecule has 4 rings (SSSR count). The lowest BCUT2D eigenvalue weighted by molar-refractivity contribution is 0.294. The third-order valence-corrected chi connectivity index (χ3v) is 6.12. The van der Waals surface area contributed by atoms with E-state index in [4.69, 9.17) is 0 Å². The van der Waals surface area contributed by atoms with Crippen molar-refractivity contribution in [1.29, 1.82) is 0 Å². The maximum atomic E-state index is 10.6. The van der Waals surface area contributed by atoms with Crippen LogP contribution < -0.4 is 0 Å². The quantitative estimate of drug-likeness (QED) is 0.699. The molecule has 0 amide bonds. The van der Waals surface area contributed by atoms with Crippen molar-refractivity contribution in [3.05, 3.63) is 22.3 Å². The molecule has 20 heavy (non-hydrogen) atoms. The van der Waals surface area contributed by atoms with E-state index in [0.717, 1.165) is 48.6 Å². The zero-order chi connectivity index (χ0) is 13.9. The Morgan fingerprint density at radius 1 is 0.850 bits per heavy atom. The number of fused-ring (bicyclic) bond motifs is 5. The van der Waals surface area contributed by atoms with E-state index >= 15 is 0 Å². The van der Waals surface area contributed by atoms with E-state index in [-0.39, 0.29) is 11.5 Å². The van der Waals surface area contributed by atoms with Crippen molar-refractivity contribution in [3.63, 3.8) is 0 Å². The highest BCUT2D eigenvalue weighted by atomic mass is 16.3. The fraction of sp³-hybridized carbons (Fsp3) is 0.667. The Hall–Kier alpha value is -1.18. The summed E-state index contributed by atoms with van der Waals surface area (Å²) in [6, 6.07) is 0. The summed E-state index contributed by atoms with van der Waals surface area (Å²) in [5, 5.41) is 21.0. The first-order valence-electron chi connectivity index (χ1n) is 8.27. The van der Waals surface area contributed by atoms with Crippen LogP contribution in [0.25, 0.3) is 0 Å². The summed E-state index contributed by atoms with van der Waals surface area (Å²) < 4.78 is 0. The van der Waals surface area contributed by atoms with Gasteiger partial charge in [0, 0.05) is 11.1 Å². The molecular formula is C18H24O2. The van der Waals surface area contributed by atoms with Gasteiger partial charge >= 0.3 is 0 Å². The van der Waals surface area contributed by atoms with E-state index in [1.54, 1.807) is 0 Å². The first kappa shape index (κ1) is 12.6. The number of phenols is 2. The fourth-order valence-electron chi connectivity index (χ4n) is 5.21. The molecule has 0 spiro atoms. The summed E-state index contributed by atoms with van der Waals surface area (Å²) in [4.78, 5) is 0. The molecule has 1 aromatic carbocycles. The molecule has 3 atom stereocenters. The molecule has 3 aliphatic carbocycles. The summed E-state index contributed by atoms with van der Waals surface area (Å²) in [5.41, 5.74) is 4.98. The highest BCUT2D eigenvalue weighted by Crippen LogP contribution is 2.56. The summed E-state index contributed by atoms with van der Waals surface area (Å²) in [6.45, 7) is 2.38. The maximum absolute atomic E-state index is 10.6. The third-order valence-electron chi connectivity index (χ3n) is 6.12. The number of aromatic hydroxyl groups is 2. The monoisotopic (exact) mass is 272 g/mol. The molecule has 3 aliphatic rings. The zero-order valence-corrected chi connectivity index (χ0v) is 12.3. The van der Waals surface area contributed by atoms with Gasteiger partial charge < -0.3 is 10.2 Å². The van der Waals surface area contributed by atoms with Gasteiger partial charge in [-0.1, -0.05) is 13.3 Å². The Bertz CT molecular complexity index is 561. The van der Waals surface area contributed by atoms with Crippen molar-refractivity contribution in [2.75, 3.05) is 0 Å². The van der Waals surface area contributed by atoms with Crippen LogP contribution in [0.5, 0.6) is 11.5 Å². The Labute approximate surface area is 120 Å². The maximum Gasteiger partial charge on any atom is 0.161 e. The minimum Gasteiger partial charge on any atom is -0.504 e. The average molecular weight is 272 g/mol. The topological polar surface area (TPSA) is 40.5 Å². The molecule has 1 aromatic rings. The predicted octanol–water partition coefficient (Wildman–Crippen LogP) is 4.05. The van der Waals surface area contributed by atoms with E-state index in [9.17, 15) is 10.2 Å². The van der Waals surface area contributed by atoms with E-state index < -0.39 is 0 Å². The van der Waals surface area contributed by atoms with Crippen molar-refractivity contribution in [2.45, 2.75) is 64.2 Å². The average Bonchev–Trinajstić information content (AvgIpc) is 2.94. The van der Waals surface area contributed by atoms with Crippen LogP contribution in [-0.4, -0.2) is 10.2 Å². The second kappa shape index (κ2) is 4.41. The van der Waals surface area contributed by atoms with Gasteiger partial charge in [0.25, 0.3) is 0 Å². The third kappa shape index (κ3) is 1.57. The van der Waals surface area contributed by atoms with Crippen molar-refractivity contribution >= 4 is 0 Å². The molecule has 0 radical (unpaired) electrons. The second-order valence-corrected chi connectivity index (χ2v) is 7.14. The van der Waals surface area contributed by atoms with Gasteiger partial charge in [0.1, 0.15) is 0 Å². The standard InChI is InChI=1S/C18H24O2/c1-10-9-15-12-5-2-3-6-14(12)17(19)18(20)16(15)13-8-4-7-11(10)13/h10-11,13,19-20H,2-9H2,1H3. The van der Waals surface area contributed by atoms with Crippen LogP contribution in [0, 0.1) is 11.8 Å². The number of hydrogen-bond acceptors (Lipinski definition) is 2. The van der Waals surface area contributed by atoms with Crippen LogP contribution in [0.2, 0.25) is 0 Å². The van der Waals surface area contributed by atoms with Crippen molar-refractivity contribution in [3.8, 4) is 11.5 Å². The van der Waals surface area contributed by atoms with Crippen molar-refractivity contribution in [1.82, 2.24) is 0 Å².